The van der Waals surface area contributed by atoms with Crippen molar-refractivity contribution in [3.8, 4) is 34.3 Å². The van der Waals surface area contributed by atoms with Crippen molar-refractivity contribution in [3.63, 3.8) is 0 Å². The second-order valence-electron chi connectivity index (χ2n) is 8.23. The van der Waals surface area contributed by atoms with E-state index in [1.165, 1.54) is 0 Å². The first kappa shape index (κ1) is 23.2. The van der Waals surface area contributed by atoms with E-state index in [4.69, 9.17) is 24.2 Å². The molecule has 0 unspecified atom stereocenters. The number of hydrogen-bond donors (Lipinski definition) is 1. The Morgan fingerprint density at radius 3 is 2.17 bits per heavy atom. The van der Waals surface area contributed by atoms with Crippen molar-refractivity contribution in [2.75, 3.05) is 26.6 Å². The van der Waals surface area contributed by atoms with Crippen molar-refractivity contribution in [3.05, 3.63) is 60.2 Å². The summed E-state index contributed by atoms with van der Waals surface area (Å²) in [4.78, 5) is 14.5. The van der Waals surface area contributed by atoms with Gasteiger partial charge in [-0.1, -0.05) is 18.2 Å². The summed E-state index contributed by atoms with van der Waals surface area (Å²) in [5, 5.41) is 7.96. The third kappa shape index (κ3) is 3.86. The fourth-order valence-electron chi connectivity index (χ4n) is 4.26. The molecule has 1 N–H and O–H groups in total. The third-order valence-electron chi connectivity index (χ3n) is 6.09. The first-order valence-electron chi connectivity index (χ1n) is 11.3. The molecule has 3 aromatic heterocycles. The van der Waals surface area contributed by atoms with E-state index < -0.39 is 0 Å². The lowest BCUT2D eigenvalue weighted by molar-refractivity contribution is 0.324. The van der Waals surface area contributed by atoms with E-state index >= 15 is 0 Å². The summed E-state index contributed by atoms with van der Waals surface area (Å²) < 4.78 is 20.3. The van der Waals surface area contributed by atoms with Gasteiger partial charge in [-0.3, -0.25) is 9.25 Å². The number of nitrogens with zero attached hydrogens (tertiary/aromatic N) is 6. The van der Waals surface area contributed by atoms with Crippen LogP contribution in [0.2, 0.25) is 0 Å². The molecule has 0 saturated heterocycles. The highest BCUT2D eigenvalue weighted by Crippen LogP contribution is 2.41. The number of fused-ring (bicyclic) bond motifs is 1. The average Bonchev–Trinajstić information content (AvgIpc) is 3.43. The van der Waals surface area contributed by atoms with Gasteiger partial charge in [-0.15, -0.1) is 0 Å². The fraction of sp³-hybridized carbons (Fsp3) is 0.231. The summed E-state index contributed by atoms with van der Waals surface area (Å²) in [6.07, 6.45) is 1.75. The molecule has 0 radical (unpaired) electrons. The van der Waals surface area contributed by atoms with Crippen molar-refractivity contribution in [1.29, 1.82) is 0 Å². The molecule has 0 aliphatic rings. The van der Waals surface area contributed by atoms with Crippen LogP contribution >= 0.6 is 0 Å². The van der Waals surface area contributed by atoms with Crippen LogP contribution in [0.1, 0.15) is 11.4 Å². The number of benzene rings is 2. The molecule has 0 saturated carbocycles. The number of aryl methyl sites for hydroxylation is 2. The highest BCUT2D eigenvalue weighted by atomic mass is 16.5. The molecular formula is C26H27N7O3. The van der Waals surface area contributed by atoms with Gasteiger partial charge in [-0.2, -0.15) is 5.10 Å². The fourth-order valence-corrected chi connectivity index (χ4v) is 4.26. The average molecular weight is 486 g/mol. The second-order valence-corrected chi connectivity index (χ2v) is 8.23. The van der Waals surface area contributed by atoms with Crippen LogP contribution in [0.5, 0.6) is 17.2 Å². The molecule has 3 heterocycles. The summed E-state index contributed by atoms with van der Waals surface area (Å²) in [6.45, 7) is 3.96. The van der Waals surface area contributed by atoms with Crippen molar-refractivity contribution < 1.29 is 14.2 Å². The SMILES string of the molecule is COc1cc(Nc2nc(-c3c(C)nn(C)c3C)nc3c2ncn3-c2ccccc2)cc(OC)c1OC. The van der Waals surface area contributed by atoms with Gasteiger partial charge in [-0.25, -0.2) is 15.0 Å². The molecule has 10 heteroatoms. The van der Waals surface area contributed by atoms with Crippen molar-refractivity contribution in [2.24, 2.45) is 7.05 Å². The summed E-state index contributed by atoms with van der Waals surface area (Å²) in [5.74, 6) is 2.66. The van der Waals surface area contributed by atoms with E-state index in [2.05, 4.69) is 15.4 Å². The predicted octanol–water partition coefficient (Wildman–Crippen LogP) is 4.60. The van der Waals surface area contributed by atoms with Gasteiger partial charge >= 0.3 is 0 Å². The van der Waals surface area contributed by atoms with E-state index in [1.54, 1.807) is 27.7 Å². The minimum atomic E-state index is 0.508. The number of methoxy groups -OCH3 is 3. The van der Waals surface area contributed by atoms with E-state index in [1.807, 2.05) is 72.6 Å². The Morgan fingerprint density at radius 1 is 0.889 bits per heavy atom. The standard InChI is InChI=1S/C26H27N7O3/c1-15-21(16(2)32(3)31-15)24-29-25(28-17-12-19(34-4)23(36-6)20(13-17)35-5)22-26(30-24)33(14-27-22)18-10-8-7-9-11-18/h7-14H,1-6H3,(H,28,29,30). The Balaban J connectivity index is 1.73. The Labute approximate surface area is 208 Å². The van der Waals surface area contributed by atoms with Crippen LogP contribution in [-0.4, -0.2) is 50.6 Å². The van der Waals surface area contributed by atoms with Gasteiger partial charge in [0.15, 0.2) is 34.3 Å². The lowest BCUT2D eigenvalue weighted by Crippen LogP contribution is -2.03. The molecule has 2 aromatic carbocycles. The summed E-state index contributed by atoms with van der Waals surface area (Å²) in [6, 6.07) is 13.6. The minimum Gasteiger partial charge on any atom is -0.493 e. The second kappa shape index (κ2) is 9.21. The summed E-state index contributed by atoms with van der Waals surface area (Å²) in [7, 11) is 6.64. The molecule has 0 spiro atoms. The van der Waals surface area contributed by atoms with Crippen LogP contribution < -0.4 is 19.5 Å². The first-order chi connectivity index (χ1) is 17.4. The van der Waals surface area contributed by atoms with Gasteiger partial charge < -0.3 is 19.5 Å². The molecule has 0 bridgehead atoms. The molecular weight excluding hydrogens is 458 g/mol. The van der Waals surface area contributed by atoms with Gasteiger partial charge in [0.25, 0.3) is 0 Å². The van der Waals surface area contributed by atoms with Gasteiger partial charge in [0.05, 0.1) is 32.6 Å². The van der Waals surface area contributed by atoms with Crippen molar-refractivity contribution in [1.82, 2.24) is 29.3 Å². The van der Waals surface area contributed by atoms with Crippen LogP contribution in [-0.2, 0) is 7.05 Å². The van der Waals surface area contributed by atoms with Gasteiger partial charge in [0.1, 0.15) is 6.33 Å². The molecule has 5 aromatic rings. The van der Waals surface area contributed by atoms with E-state index in [9.17, 15) is 0 Å². The monoisotopic (exact) mass is 485 g/mol. The number of nitrogens with one attached hydrogen (secondary N) is 1. The minimum absolute atomic E-state index is 0.508. The molecule has 184 valence electrons. The van der Waals surface area contributed by atoms with Gasteiger partial charge in [-0.05, 0) is 26.0 Å². The zero-order chi connectivity index (χ0) is 25.4. The normalized spacial score (nSPS) is 11.1. The number of imidazole rings is 1. The zero-order valence-electron chi connectivity index (χ0n) is 21.0. The number of ether oxygens (including phenoxy) is 3. The molecule has 0 aliphatic carbocycles. The molecule has 36 heavy (non-hydrogen) atoms. The molecule has 0 atom stereocenters. The quantitative estimate of drug-likeness (QED) is 0.357. The molecule has 10 nitrogen and oxygen atoms in total. The maximum atomic E-state index is 5.53. The Bertz CT molecular complexity index is 1530. The molecule has 0 fully saturated rings. The van der Waals surface area contributed by atoms with Crippen LogP contribution in [0, 0.1) is 13.8 Å². The van der Waals surface area contributed by atoms with Gasteiger partial charge in [0, 0.05) is 36.2 Å². The number of rotatable bonds is 7. The van der Waals surface area contributed by atoms with E-state index in [0.29, 0.717) is 45.7 Å². The highest BCUT2D eigenvalue weighted by Gasteiger charge is 2.21. The molecule has 0 aliphatic heterocycles. The van der Waals surface area contributed by atoms with E-state index in [-0.39, 0.29) is 0 Å². The van der Waals surface area contributed by atoms with Crippen LogP contribution in [0.4, 0.5) is 11.5 Å². The van der Waals surface area contributed by atoms with E-state index in [0.717, 1.165) is 22.6 Å². The zero-order valence-corrected chi connectivity index (χ0v) is 21.0. The summed E-state index contributed by atoms with van der Waals surface area (Å²) >= 11 is 0. The van der Waals surface area contributed by atoms with Crippen LogP contribution in [0.25, 0.3) is 28.2 Å². The van der Waals surface area contributed by atoms with Crippen molar-refractivity contribution >= 4 is 22.7 Å². The largest absolute Gasteiger partial charge is 0.493 e. The number of anilines is 2. The van der Waals surface area contributed by atoms with Gasteiger partial charge in [0.2, 0.25) is 5.75 Å². The third-order valence-corrected chi connectivity index (χ3v) is 6.09. The number of para-hydroxylation sites is 1. The first-order valence-corrected chi connectivity index (χ1v) is 11.3. The molecule has 0 amide bonds. The Morgan fingerprint density at radius 2 is 1.58 bits per heavy atom. The maximum Gasteiger partial charge on any atom is 0.203 e. The topological polar surface area (TPSA) is 101 Å². The van der Waals surface area contributed by atoms with Crippen molar-refractivity contribution in [2.45, 2.75) is 13.8 Å². The lowest BCUT2D eigenvalue weighted by Gasteiger charge is -2.15. The maximum absolute atomic E-state index is 5.53. The highest BCUT2D eigenvalue weighted by molar-refractivity contribution is 5.89. The number of aromatic nitrogens is 6. The Hall–Kier alpha value is -4.60. The number of hydrogen-bond acceptors (Lipinski definition) is 8. The predicted molar refractivity (Wildman–Crippen MR) is 138 cm³/mol. The Kier molecular flexibility index (Phi) is 5.93. The summed E-state index contributed by atoms with van der Waals surface area (Å²) in [5.41, 5.74) is 5.63. The van der Waals surface area contributed by atoms with Crippen LogP contribution in [0.3, 0.4) is 0 Å². The molecule has 5 rings (SSSR count). The van der Waals surface area contributed by atoms with Crippen LogP contribution in [0.15, 0.2) is 48.8 Å². The smallest absolute Gasteiger partial charge is 0.203 e. The lowest BCUT2D eigenvalue weighted by atomic mass is 10.2.